The van der Waals surface area contributed by atoms with Gasteiger partial charge in [-0.2, -0.15) is 0 Å². The van der Waals surface area contributed by atoms with Crippen molar-refractivity contribution in [2.75, 3.05) is 19.8 Å². The molecule has 2 aromatic carbocycles. The zero-order valence-corrected chi connectivity index (χ0v) is 24.4. The van der Waals surface area contributed by atoms with Gasteiger partial charge >= 0.3 is 0 Å². The highest BCUT2D eigenvalue weighted by Gasteiger charge is 2.46. The number of hydrogen-bond acceptors (Lipinski definition) is 5. The summed E-state index contributed by atoms with van der Waals surface area (Å²) in [5.41, 5.74) is 4.70. The number of aryl methyl sites for hydroxylation is 1. The van der Waals surface area contributed by atoms with Gasteiger partial charge in [0.25, 0.3) is 0 Å². The summed E-state index contributed by atoms with van der Waals surface area (Å²) in [6, 6.07) is 16.8. The Morgan fingerprint density at radius 2 is 1.66 bits per heavy atom. The summed E-state index contributed by atoms with van der Waals surface area (Å²) in [5.74, 6) is 0.901. The number of fused-ring (bicyclic) bond motifs is 1. The minimum atomic E-state index is -0.866. The first kappa shape index (κ1) is 30.8. The zero-order chi connectivity index (χ0) is 29.4. The summed E-state index contributed by atoms with van der Waals surface area (Å²) < 4.78 is 43.8. The van der Waals surface area contributed by atoms with Crippen molar-refractivity contribution >= 4 is 6.08 Å². The molecule has 2 fully saturated rings. The van der Waals surface area contributed by atoms with E-state index in [0.717, 1.165) is 47.4 Å². The zero-order valence-electron chi connectivity index (χ0n) is 24.4. The molecule has 5 rings (SSSR count). The summed E-state index contributed by atoms with van der Waals surface area (Å²) in [6.07, 6.45) is 5.33. The van der Waals surface area contributed by atoms with Gasteiger partial charge in [0.2, 0.25) is 0 Å². The topological polar surface area (TPSA) is 60.8 Å². The number of nitrogens with zero attached hydrogens (tertiary/aromatic N) is 1. The van der Waals surface area contributed by atoms with Crippen molar-refractivity contribution in [2.45, 2.75) is 71.4 Å². The molecule has 2 aliphatic rings. The second-order valence-electron chi connectivity index (χ2n) is 10.8. The first-order chi connectivity index (χ1) is 19.8. The van der Waals surface area contributed by atoms with Crippen molar-refractivity contribution in [3.05, 3.63) is 77.7 Å². The Morgan fingerprint density at radius 1 is 1.02 bits per heavy atom. The number of aliphatic hydroxyl groups is 1. The van der Waals surface area contributed by atoms with Crippen LogP contribution < -0.4 is 4.74 Å². The van der Waals surface area contributed by atoms with Gasteiger partial charge in [-0.1, -0.05) is 55.8 Å². The van der Waals surface area contributed by atoms with Gasteiger partial charge in [0, 0.05) is 17.9 Å². The molecule has 3 heterocycles. The molecule has 7 heteroatoms. The van der Waals surface area contributed by atoms with E-state index in [0.29, 0.717) is 37.0 Å². The fourth-order valence-corrected chi connectivity index (χ4v) is 5.20. The van der Waals surface area contributed by atoms with Gasteiger partial charge in [0.1, 0.15) is 35.6 Å². The van der Waals surface area contributed by atoms with Crippen LogP contribution in [0.5, 0.6) is 5.75 Å². The maximum absolute atomic E-state index is 14.5. The Hall–Kier alpha value is -3.13. The third-order valence-electron chi connectivity index (χ3n) is 7.45. The maximum Gasteiger partial charge on any atom is 0.149 e. The van der Waals surface area contributed by atoms with Crippen LogP contribution in [0.4, 0.5) is 8.78 Å². The quantitative estimate of drug-likeness (QED) is 0.290. The first-order valence-corrected chi connectivity index (χ1v) is 14.5. The molecule has 5 nitrogen and oxygen atoms in total. The normalized spacial score (nSPS) is 22.3. The smallest absolute Gasteiger partial charge is 0.149 e. The van der Waals surface area contributed by atoms with E-state index in [1.165, 1.54) is 13.0 Å². The lowest BCUT2D eigenvalue weighted by Crippen LogP contribution is -2.28. The number of halogens is 2. The van der Waals surface area contributed by atoms with E-state index >= 15 is 0 Å². The Kier molecular flexibility index (Phi) is 11.0. The molecular weight excluding hydrogens is 524 g/mol. The van der Waals surface area contributed by atoms with E-state index < -0.39 is 12.3 Å². The minimum absolute atomic E-state index is 0.0402. The fourth-order valence-electron chi connectivity index (χ4n) is 5.20. The molecular formula is C34H41F2NO4. The Balaban J connectivity index is 0.000000267. The SMILES string of the molecule is C/C=C/c1nc(-c2ccc(-c3ccc(OCCC(C)F)cc3)cc2)c(F)cc1C.CCC[C@@H]1CO[C@@H]2C(O)CO[C@H]12. The lowest BCUT2D eigenvalue weighted by atomic mass is 9.97. The third kappa shape index (κ3) is 8.00. The molecule has 0 saturated carbocycles. The molecule has 41 heavy (non-hydrogen) atoms. The van der Waals surface area contributed by atoms with E-state index in [2.05, 4.69) is 11.9 Å². The fraction of sp³-hybridized carbons (Fsp3) is 0.441. The van der Waals surface area contributed by atoms with Crippen LogP contribution in [-0.4, -0.2) is 54.4 Å². The third-order valence-corrected chi connectivity index (χ3v) is 7.45. The van der Waals surface area contributed by atoms with Gasteiger partial charge in [-0.3, -0.25) is 0 Å². The van der Waals surface area contributed by atoms with Crippen LogP contribution in [-0.2, 0) is 9.47 Å². The van der Waals surface area contributed by atoms with Gasteiger partial charge < -0.3 is 19.3 Å². The Labute approximate surface area is 242 Å². The standard InChI is InChI=1S/C25H25F2NO.C9H16O3/c1-4-5-24-17(2)16-23(27)25(28-24)21-8-6-19(7-9-21)20-10-12-22(13-11-20)29-15-14-18(3)26;1-2-3-6-4-11-9-7(10)5-12-8(6)9/h4-13,16,18H,14-15H2,1-3H3;6-10H,2-5H2,1H3/b5-4+;/t;6-,7?,8-,9-/m.1/s1. The van der Waals surface area contributed by atoms with Gasteiger partial charge in [0.15, 0.2) is 0 Å². The molecule has 2 unspecified atom stereocenters. The molecule has 1 N–H and O–H groups in total. The van der Waals surface area contributed by atoms with E-state index in [1.807, 2.05) is 74.5 Å². The van der Waals surface area contributed by atoms with Gasteiger partial charge in [-0.05, 0) is 68.2 Å². The summed E-state index contributed by atoms with van der Waals surface area (Å²) in [4.78, 5) is 4.48. The van der Waals surface area contributed by atoms with Crippen LogP contribution >= 0.6 is 0 Å². The molecule has 220 valence electrons. The molecule has 2 saturated heterocycles. The molecule has 3 aromatic rings. The number of alkyl halides is 1. The first-order valence-electron chi connectivity index (χ1n) is 14.5. The lowest BCUT2D eigenvalue weighted by Gasteiger charge is -2.14. The van der Waals surface area contributed by atoms with Crippen LogP contribution in [0.2, 0.25) is 0 Å². The Bertz CT molecular complexity index is 1280. The number of rotatable bonds is 9. The van der Waals surface area contributed by atoms with Crippen molar-refractivity contribution in [1.29, 1.82) is 0 Å². The minimum Gasteiger partial charge on any atom is -0.493 e. The van der Waals surface area contributed by atoms with Crippen molar-refractivity contribution in [3.63, 3.8) is 0 Å². The molecule has 0 spiro atoms. The van der Waals surface area contributed by atoms with E-state index in [1.54, 1.807) is 0 Å². The second kappa shape index (κ2) is 14.7. The van der Waals surface area contributed by atoms with E-state index in [4.69, 9.17) is 14.2 Å². The summed E-state index contributed by atoms with van der Waals surface area (Å²) in [7, 11) is 0. The molecule has 1 aromatic heterocycles. The van der Waals surface area contributed by atoms with Gasteiger partial charge in [-0.25, -0.2) is 13.8 Å². The number of hydrogen-bond donors (Lipinski definition) is 1. The van der Waals surface area contributed by atoms with Crippen molar-refractivity contribution in [3.8, 4) is 28.1 Å². The van der Waals surface area contributed by atoms with Gasteiger partial charge in [0.05, 0.1) is 31.6 Å². The maximum atomic E-state index is 14.5. The highest BCUT2D eigenvalue weighted by atomic mass is 19.1. The van der Waals surface area contributed by atoms with Crippen LogP contribution in [0.1, 0.15) is 51.3 Å². The summed E-state index contributed by atoms with van der Waals surface area (Å²) in [5, 5.41) is 9.44. The van der Waals surface area contributed by atoms with Crippen molar-refractivity contribution < 1.29 is 28.1 Å². The Morgan fingerprint density at radius 3 is 2.29 bits per heavy atom. The van der Waals surface area contributed by atoms with Crippen LogP contribution in [0, 0.1) is 18.7 Å². The van der Waals surface area contributed by atoms with Gasteiger partial charge in [-0.15, -0.1) is 0 Å². The largest absolute Gasteiger partial charge is 0.493 e. The van der Waals surface area contributed by atoms with Crippen molar-refractivity contribution in [1.82, 2.24) is 4.98 Å². The monoisotopic (exact) mass is 565 g/mol. The number of allylic oxidation sites excluding steroid dienone is 1. The number of aliphatic hydroxyl groups excluding tert-OH is 1. The van der Waals surface area contributed by atoms with Crippen LogP contribution in [0.15, 0.2) is 60.7 Å². The van der Waals surface area contributed by atoms with Crippen LogP contribution in [0.25, 0.3) is 28.5 Å². The number of ether oxygens (including phenoxy) is 3. The molecule has 5 atom stereocenters. The van der Waals surface area contributed by atoms with E-state index in [-0.39, 0.29) is 18.0 Å². The summed E-state index contributed by atoms with van der Waals surface area (Å²) in [6.45, 7) is 9.03. The average Bonchev–Trinajstić information content (AvgIpc) is 3.54. The van der Waals surface area contributed by atoms with Crippen molar-refractivity contribution in [2.24, 2.45) is 5.92 Å². The highest BCUT2D eigenvalue weighted by molar-refractivity contribution is 5.70. The molecule has 0 aliphatic carbocycles. The number of aromatic nitrogens is 1. The number of benzene rings is 2. The molecule has 2 aliphatic heterocycles. The van der Waals surface area contributed by atoms with E-state index in [9.17, 15) is 13.9 Å². The average molecular weight is 566 g/mol. The molecule has 0 radical (unpaired) electrons. The molecule has 0 amide bonds. The molecule has 0 bridgehead atoms. The predicted octanol–water partition coefficient (Wildman–Crippen LogP) is 7.58. The highest BCUT2D eigenvalue weighted by Crippen LogP contribution is 2.33. The predicted molar refractivity (Wildman–Crippen MR) is 159 cm³/mol. The number of pyridine rings is 1. The summed E-state index contributed by atoms with van der Waals surface area (Å²) >= 11 is 0. The second-order valence-corrected chi connectivity index (χ2v) is 10.8. The van der Waals surface area contributed by atoms with Crippen LogP contribution in [0.3, 0.4) is 0 Å². The lowest BCUT2D eigenvalue weighted by molar-refractivity contribution is 0.0167.